The molecule has 0 aliphatic carbocycles. The average molecular weight is 848 g/mol. The van der Waals surface area contributed by atoms with Crippen molar-refractivity contribution in [1.29, 1.82) is 0 Å². The van der Waals surface area contributed by atoms with E-state index in [-0.39, 0.29) is 11.5 Å². The maximum Gasteiger partial charge on any atom is 0.266 e. The number of benzene rings is 3. The van der Waals surface area contributed by atoms with Gasteiger partial charge < -0.3 is 20.3 Å². The summed E-state index contributed by atoms with van der Waals surface area (Å²) in [6.45, 7) is 6.21. The fourth-order valence-electron chi connectivity index (χ4n) is 8.43. The van der Waals surface area contributed by atoms with Crippen LogP contribution in [0.4, 0.5) is 23.0 Å². The number of anilines is 4. The molecule has 3 aliphatic rings. The molecule has 320 valence electrons. The SMILES string of the molecule is CS(=O)(=O)Nc1cccc(-c2ccc3cnc(Nc4ccc(N5CCN(CCCCCCCCCOc6cccc7c6C(=O)N(C6CCCNC6=O)C7=O)CC5)cc4)nn23)c1. The lowest BCUT2D eigenvalue weighted by molar-refractivity contribution is -0.126. The number of fused-ring (bicyclic) bond motifs is 2. The number of nitrogens with one attached hydrogen (secondary N) is 3. The highest BCUT2D eigenvalue weighted by molar-refractivity contribution is 7.92. The predicted octanol–water partition coefficient (Wildman–Crippen LogP) is 6.32. The molecule has 0 spiro atoms. The minimum atomic E-state index is -3.40. The van der Waals surface area contributed by atoms with Crippen LogP contribution in [0, 0.1) is 0 Å². The van der Waals surface area contributed by atoms with E-state index in [0.717, 1.165) is 92.0 Å². The molecule has 3 aliphatic heterocycles. The average Bonchev–Trinajstić information content (AvgIpc) is 3.79. The Morgan fingerprint density at radius 3 is 2.34 bits per heavy atom. The Balaban J connectivity index is 0.709. The highest BCUT2D eigenvalue weighted by Gasteiger charge is 2.45. The van der Waals surface area contributed by atoms with Crippen molar-refractivity contribution >= 4 is 56.3 Å². The summed E-state index contributed by atoms with van der Waals surface area (Å²) in [5.41, 5.74) is 5.61. The van der Waals surface area contributed by atoms with Crippen LogP contribution in [0.25, 0.3) is 16.8 Å². The number of ether oxygens (including phenoxy) is 1. The van der Waals surface area contributed by atoms with Crippen molar-refractivity contribution < 1.29 is 27.5 Å². The van der Waals surface area contributed by atoms with Crippen LogP contribution in [0.3, 0.4) is 0 Å². The van der Waals surface area contributed by atoms with Crippen molar-refractivity contribution in [2.45, 2.75) is 63.8 Å². The third kappa shape index (κ3) is 9.97. The van der Waals surface area contributed by atoms with Gasteiger partial charge in [-0.2, -0.15) is 0 Å². The zero-order valence-corrected chi connectivity index (χ0v) is 35.3. The number of carbonyl (C=O) groups is 3. The molecule has 1 atom stereocenters. The lowest BCUT2D eigenvalue weighted by Crippen LogP contribution is -2.52. The number of unbranched alkanes of at least 4 members (excludes halogenated alkanes) is 6. The minimum absolute atomic E-state index is 0.276. The summed E-state index contributed by atoms with van der Waals surface area (Å²) < 4.78 is 33.9. The number of amides is 3. The molecule has 61 heavy (non-hydrogen) atoms. The van der Waals surface area contributed by atoms with Crippen LogP contribution in [0.2, 0.25) is 0 Å². The van der Waals surface area contributed by atoms with Gasteiger partial charge in [-0.25, -0.2) is 17.9 Å². The van der Waals surface area contributed by atoms with Gasteiger partial charge in [-0.1, -0.05) is 50.3 Å². The molecule has 2 fully saturated rings. The number of imide groups is 1. The van der Waals surface area contributed by atoms with E-state index in [2.05, 4.69) is 42.3 Å². The zero-order chi connectivity index (χ0) is 42.3. The van der Waals surface area contributed by atoms with Gasteiger partial charge in [-0.15, -0.1) is 5.10 Å². The van der Waals surface area contributed by atoms with Gasteiger partial charge in [-0.05, 0) is 92.9 Å². The molecule has 0 bridgehead atoms. The standard InChI is InChI=1S/C45H53N9O6S/c1-61(58,59)50-34-13-9-12-32(30-34)38-22-21-36-31-47-45(49-54(36)38)48-33-17-19-35(20-18-33)52-27-25-51(26-28-52)24-7-5-3-2-4-6-8-29-60-40-16-10-14-37-41(40)44(57)53(43(37)56)39-15-11-23-46-42(39)55/h9-10,12-14,16-22,30-31,39,50H,2-8,11,15,23-29H2,1H3,(H,46,55)(H,48,49). The first kappa shape index (κ1) is 41.7. The van der Waals surface area contributed by atoms with Crippen molar-refractivity contribution in [3.8, 4) is 17.0 Å². The van der Waals surface area contributed by atoms with Crippen molar-refractivity contribution in [3.63, 3.8) is 0 Å². The van der Waals surface area contributed by atoms with Crippen molar-refractivity contribution in [2.75, 3.05) is 67.1 Å². The van der Waals surface area contributed by atoms with Crippen LogP contribution < -0.4 is 25.0 Å². The minimum Gasteiger partial charge on any atom is -0.493 e. The summed E-state index contributed by atoms with van der Waals surface area (Å²) in [5, 5.41) is 10.8. The number of carbonyl (C=O) groups excluding carboxylic acids is 3. The third-order valence-electron chi connectivity index (χ3n) is 11.6. The number of nitrogens with zero attached hydrogens (tertiary/aromatic N) is 6. The second kappa shape index (κ2) is 18.7. The normalized spacial score (nSPS) is 17.1. The predicted molar refractivity (Wildman–Crippen MR) is 236 cm³/mol. The number of piperidine rings is 1. The lowest BCUT2D eigenvalue weighted by atomic mass is 10.1. The van der Waals surface area contributed by atoms with Gasteiger partial charge >= 0.3 is 0 Å². The molecule has 5 aromatic rings. The second-order valence-corrected chi connectivity index (χ2v) is 17.8. The van der Waals surface area contributed by atoms with Crippen LogP contribution >= 0.6 is 0 Å². The van der Waals surface area contributed by atoms with Gasteiger partial charge in [0.15, 0.2) is 0 Å². The maximum absolute atomic E-state index is 13.3. The first-order chi connectivity index (χ1) is 29.6. The number of sulfonamides is 1. The first-order valence-corrected chi connectivity index (χ1v) is 23.2. The van der Waals surface area contributed by atoms with Crippen molar-refractivity contribution in [2.24, 2.45) is 0 Å². The molecule has 1 unspecified atom stereocenters. The van der Waals surface area contributed by atoms with E-state index in [4.69, 9.17) is 9.84 Å². The smallest absolute Gasteiger partial charge is 0.266 e. The molecule has 15 nitrogen and oxygen atoms in total. The molecule has 0 saturated carbocycles. The van der Waals surface area contributed by atoms with Gasteiger partial charge in [0.1, 0.15) is 11.8 Å². The Hall–Kier alpha value is -6.00. The van der Waals surface area contributed by atoms with Gasteiger partial charge in [0.25, 0.3) is 11.8 Å². The Bertz CT molecular complexity index is 2480. The van der Waals surface area contributed by atoms with Gasteiger partial charge in [0.2, 0.25) is 21.9 Å². The largest absolute Gasteiger partial charge is 0.493 e. The van der Waals surface area contributed by atoms with E-state index in [1.165, 1.54) is 31.4 Å². The number of piperazine rings is 1. The van der Waals surface area contributed by atoms with E-state index in [1.807, 2.05) is 36.4 Å². The molecule has 0 radical (unpaired) electrons. The lowest BCUT2D eigenvalue weighted by Gasteiger charge is -2.36. The van der Waals surface area contributed by atoms with Gasteiger partial charge in [0, 0.05) is 55.3 Å². The monoisotopic (exact) mass is 847 g/mol. The molecule has 3 N–H and O–H groups in total. The van der Waals surface area contributed by atoms with E-state index < -0.39 is 27.9 Å². The van der Waals surface area contributed by atoms with Gasteiger partial charge in [-0.3, -0.25) is 28.9 Å². The topological polar surface area (TPSA) is 171 Å². The number of aromatic nitrogens is 3. The van der Waals surface area contributed by atoms with Crippen molar-refractivity contribution in [1.82, 2.24) is 29.7 Å². The fraction of sp³-hybridized carbons (Fsp3) is 0.400. The van der Waals surface area contributed by atoms with Crippen LogP contribution in [0.1, 0.15) is 78.5 Å². The Morgan fingerprint density at radius 2 is 1.57 bits per heavy atom. The zero-order valence-electron chi connectivity index (χ0n) is 34.5. The fourth-order valence-corrected chi connectivity index (χ4v) is 8.98. The Labute approximate surface area is 356 Å². The Morgan fingerprint density at radius 1 is 0.820 bits per heavy atom. The number of hydrogen-bond acceptors (Lipinski definition) is 11. The number of rotatable bonds is 18. The van der Waals surface area contributed by atoms with E-state index >= 15 is 0 Å². The quantitative estimate of drug-likeness (QED) is 0.0667. The highest BCUT2D eigenvalue weighted by Crippen LogP contribution is 2.34. The molecule has 8 rings (SSSR count). The molecule has 3 aromatic carbocycles. The summed E-state index contributed by atoms with van der Waals surface area (Å²) in [6, 6.07) is 23.8. The summed E-state index contributed by atoms with van der Waals surface area (Å²) >= 11 is 0. The highest BCUT2D eigenvalue weighted by atomic mass is 32.2. The van der Waals surface area contributed by atoms with E-state index in [0.29, 0.717) is 42.5 Å². The summed E-state index contributed by atoms with van der Waals surface area (Å²) in [7, 11) is -3.40. The molecule has 3 amide bonds. The van der Waals surface area contributed by atoms with E-state index in [1.54, 1.807) is 41.0 Å². The Kier molecular flexibility index (Phi) is 12.8. The summed E-state index contributed by atoms with van der Waals surface area (Å²) in [6.07, 6.45) is 11.9. The van der Waals surface area contributed by atoms with Crippen LogP contribution in [-0.4, -0.2) is 109 Å². The second-order valence-electron chi connectivity index (χ2n) is 16.0. The number of hydrogen-bond donors (Lipinski definition) is 3. The first-order valence-electron chi connectivity index (χ1n) is 21.3. The van der Waals surface area contributed by atoms with Crippen molar-refractivity contribution in [3.05, 3.63) is 96.2 Å². The molecular weight excluding hydrogens is 795 g/mol. The molecular formula is C45H53N9O6S. The molecule has 2 aromatic heterocycles. The molecule has 5 heterocycles. The summed E-state index contributed by atoms with van der Waals surface area (Å²) in [5.74, 6) is -0.263. The molecule has 2 saturated heterocycles. The summed E-state index contributed by atoms with van der Waals surface area (Å²) in [4.78, 5) is 49.3. The maximum atomic E-state index is 13.3. The van der Waals surface area contributed by atoms with E-state index in [9.17, 15) is 22.8 Å². The van der Waals surface area contributed by atoms with Crippen LogP contribution in [-0.2, 0) is 14.8 Å². The third-order valence-corrected chi connectivity index (χ3v) is 12.2. The van der Waals surface area contributed by atoms with Crippen LogP contribution in [0.15, 0.2) is 85.1 Å². The van der Waals surface area contributed by atoms with Crippen LogP contribution in [0.5, 0.6) is 5.75 Å². The molecule has 16 heteroatoms. The van der Waals surface area contributed by atoms with Gasteiger partial charge in [0.05, 0.1) is 41.4 Å².